The van der Waals surface area contributed by atoms with Crippen LogP contribution in [0.3, 0.4) is 0 Å². The number of halogens is 2. The fourth-order valence-electron chi connectivity index (χ4n) is 2.93. The molecule has 9 heteroatoms. The maximum atomic E-state index is 12.4. The number of nitrogens with one attached hydrogen (secondary N) is 3. The molecule has 0 atom stereocenters. The van der Waals surface area contributed by atoms with Crippen LogP contribution in [0.5, 0.6) is 5.75 Å². The van der Waals surface area contributed by atoms with Crippen molar-refractivity contribution in [3.05, 3.63) is 71.8 Å². The van der Waals surface area contributed by atoms with E-state index in [2.05, 4.69) is 15.6 Å². The summed E-state index contributed by atoms with van der Waals surface area (Å²) in [5, 5.41) is 15.6. The quantitative estimate of drug-likeness (QED) is 0.212. The lowest BCUT2D eigenvalue weighted by Gasteiger charge is -2.09. The topological polar surface area (TPSA) is 113 Å². The molecule has 0 unspecified atom stereocenters. The first-order valence-corrected chi connectivity index (χ1v) is 8.84. The van der Waals surface area contributed by atoms with Crippen LogP contribution in [-0.4, -0.2) is 30.9 Å². The highest BCUT2D eigenvalue weighted by molar-refractivity contribution is 6.00. The molecule has 0 aromatic heterocycles. The van der Waals surface area contributed by atoms with Crippen LogP contribution in [-0.2, 0) is 0 Å². The van der Waals surface area contributed by atoms with Crippen molar-refractivity contribution in [1.29, 1.82) is 5.41 Å². The number of nitrogens with zero attached hydrogens (tertiary/aromatic N) is 1. The molecule has 0 radical (unpaired) electrons. The number of nitrogens with two attached hydrogens (primary N) is 1. The summed E-state index contributed by atoms with van der Waals surface area (Å²) in [5.74, 6) is 0.785. The Bertz CT molecular complexity index is 1100. The monoisotopic (exact) mass is 445 g/mol. The molecular weight excluding hydrogens is 425 g/mol. The van der Waals surface area contributed by atoms with E-state index < -0.39 is 5.97 Å². The molecule has 0 saturated heterocycles. The van der Waals surface area contributed by atoms with Gasteiger partial charge in [-0.1, -0.05) is 18.2 Å². The Balaban J connectivity index is 0.00000160. The average Bonchev–Trinajstić information content (AvgIpc) is 3.21. The lowest BCUT2D eigenvalue weighted by Crippen LogP contribution is -2.26. The molecule has 5 N–H and O–H groups in total. The number of amidine groups is 1. The number of guanidine groups is 1. The first-order valence-electron chi connectivity index (χ1n) is 8.84. The van der Waals surface area contributed by atoms with E-state index in [1.54, 1.807) is 30.3 Å². The molecule has 0 fully saturated rings. The molecular formula is C21H21Cl2N5O2. The first kappa shape index (κ1) is 23.0. The summed E-state index contributed by atoms with van der Waals surface area (Å²) in [6.45, 7) is 1.59. The maximum Gasteiger partial charge on any atom is 0.343 e. The molecule has 0 spiro atoms. The number of esters is 1. The zero-order chi connectivity index (χ0) is 19.5. The molecule has 0 aliphatic carbocycles. The SMILES string of the molecule is Cl.Cl.N=C(N)c1ccc2cc(OC(=O)c3ccc(NC4=NCCN4)cc3)ccc2c1. The number of aliphatic imine (C=N–C) groups is 1. The van der Waals surface area contributed by atoms with E-state index in [9.17, 15) is 4.79 Å². The second-order valence-corrected chi connectivity index (χ2v) is 6.39. The minimum absolute atomic E-state index is 0. The number of anilines is 1. The Morgan fingerprint density at radius 3 is 2.33 bits per heavy atom. The maximum absolute atomic E-state index is 12.4. The Kier molecular flexibility index (Phi) is 7.63. The minimum atomic E-state index is -0.428. The van der Waals surface area contributed by atoms with E-state index in [0.717, 1.165) is 35.5 Å². The van der Waals surface area contributed by atoms with Crippen LogP contribution in [0.4, 0.5) is 5.69 Å². The molecule has 0 amide bonds. The number of carbonyl (C=O) groups excluding carboxylic acids is 1. The van der Waals surface area contributed by atoms with Crippen LogP contribution < -0.4 is 21.1 Å². The zero-order valence-corrected chi connectivity index (χ0v) is 17.5. The van der Waals surface area contributed by atoms with E-state index in [0.29, 0.717) is 16.9 Å². The Morgan fingerprint density at radius 1 is 1.00 bits per heavy atom. The summed E-state index contributed by atoms with van der Waals surface area (Å²) in [6, 6.07) is 17.8. The van der Waals surface area contributed by atoms with Crippen molar-refractivity contribution in [3.8, 4) is 5.75 Å². The fraction of sp³-hybridized carbons (Fsp3) is 0.0952. The van der Waals surface area contributed by atoms with Gasteiger partial charge in [-0.2, -0.15) is 0 Å². The number of ether oxygens (including phenoxy) is 1. The molecule has 3 aromatic carbocycles. The predicted molar refractivity (Wildman–Crippen MR) is 125 cm³/mol. The average molecular weight is 446 g/mol. The first-order chi connectivity index (χ1) is 13.6. The van der Waals surface area contributed by atoms with E-state index in [-0.39, 0.29) is 30.6 Å². The second-order valence-electron chi connectivity index (χ2n) is 6.39. The van der Waals surface area contributed by atoms with Crippen LogP contribution in [0.1, 0.15) is 15.9 Å². The van der Waals surface area contributed by atoms with Gasteiger partial charge in [0.15, 0.2) is 5.96 Å². The van der Waals surface area contributed by atoms with Gasteiger partial charge in [-0.15, -0.1) is 24.8 Å². The van der Waals surface area contributed by atoms with Gasteiger partial charge in [0, 0.05) is 17.8 Å². The lowest BCUT2D eigenvalue weighted by atomic mass is 10.1. The summed E-state index contributed by atoms with van der Waals surface area (Å²) in [7, 11) is 0. The number of hydrogen-bond acceptors (Lipinski definition) is 6. The van der Waals surface area contributed by atoms with E-state index in [1.165, 1.54) is 0 Å². The van der Waals surface area contributed by atoms with Crippen LogP contribution >= 0.6 is 24.8 Å². The highest BCUT2D eigenvalue weighted by Gasteiger charge is 2.11. The van der Waals surface area contributed by atoms with Gasteiger partial charge in [-0.25, -0.2) is 4.79 Å². The van der Waals surface area contributed by atoms with Gasteiger partial charge >= 0.3 is 5.97 Å². The van der Waals surface area contributed by atoms with Crippen LogP contribution in [0.15, 0.2) is 65.7 Å². The van der Waals surface area contributed by atoms with Crippen molar-refractivity contribution >= 4 is 59.0 Å². The standard InChI is InChI=1S/C21H19N5O2.2ClH/c22-19(23)16-2-1-15-12-18(8-5-14(15)11-16)28-20(27)13-3-6-17(7-4-13)26-21-24-9-10-25-21;;/h1-8,11-12H,9-10H2,(H3,22,23)(H2,24,25,26);2*1H. The van der Waals surface area contributed by atoms with E-state index in [4.69, 9.17) is 15.9 Å². The van der Waals surface area contributed by atoms with Crippen LogP contribution in [0.2, 0.25) is 0 Å². The smallest absolute Gasteiger partial charge is 0.343 e. The summed E-state index contributed by atoms with van der Waals surface area (Å²) in [4.78, 5) is 16.7. The Morgan fingerprint density at radius 2 is 1.67 bits per heavy atom. The molecule has 7 nitrogen and oxygen atoms in total. The molecule has 1 aliphatic rings. The molecule has 0 saturated carbocycles. The molecule has 30 heavy (non-hydrogen) atoms. The third-order valence-electron chi connectivity index (χ3n) is 4.39. The number of nitrogen functional groups attached to an aromatic ring is 1. The molecule has 0 bridgehead atoms. The van der Waals surface area contributed by atoms with Gasteiger partial charge in [-0.05, 0) is 53.2 Å². The number of fused-ring (bicyclic) bond motifs is 1. The number of hydrogen-bond donors (Lipinski definition) is 4. The molecule has 156 valence electrons. The van der Waals surface area contributed by atoms with Crippen molar-refractivity contribution in [2.75, 3.05) is 18.4 Å². The number of benzene rings is 3. The third kappa shape index (κ3) is 5.20. The highest BCUT2D eigenvalue weighted by Crippen LogP contribution is 2.23. The van der Waals surface area contributed by atoms with Gasteiger partial charge in [0.25, 0.3) is 0 Å². The second kappa shape index (κ2) is 9.96. The van der Waals surface area contributed by atoms with Gasteiger partial charge in [0.05, 0.1) is 12.1 Å². The predicted octanol–water partition coefficient (Wildman–Crippen LogP) is 3.56. The minimum Gasteiger partial charge on any atom is -0.423 e. The van der Waals surface area contributed by atoms with Gasteiger partial charge in [-0.3, -0.25) is 10.4 Å². The summed E-state index contributed by atoms with van der Waals surface area (Å²) >= 11 is 0. The van der Waals surface area contributed by atoms with Crippen molar-refractivity contribution in [2.24, 2.45) is 10.7 Å². The van der Waals surface area contributed by atoms with Gasteiger partial charge in [0.2, 0.25) is 0 Å². The van der Waals surface area contributed by atoms with Crippen LogP contribution in [0.25, 0.3) is 10.8 Å². The molecule has 1 heterocycles. The summed E-state index contributed by atoms with van der Waals surface area (Å²) in [5.41, 5.74) is 7.48. The van der Waals surface area contributed by atoms with Crippen molar-refractivity contribution < 1.29 is 9.53 Å². The van der Waals surface area contributed by atoms with E-state index in [1.807, 2.05) is 30.3 Å². The molecule has 4 rings (SSSR count). The van der Waals surface area contributed by atoms with Crippen molar-refractivity contribution in [3.63, 3.8) is 0 Å². The lowest BCUT2D eigenvalue weighted by molar-refractivity contribution is 0.0735. The number of carbonyl (C=O) groups is 1. The summed E-state index contributed by atoms with van der Waals surface area (Å²) in [6.07, 6.45) is 0. The third-order valence-corrected chi connectivity index (χ3v) is 4.39. The van der Waals surface area contributed by atoms with Gasteiger partial charge < -0.3 is 21.1 Å². The number of rotatable bonds is 4. The normalized spacial score (nSPS) is 12.1. The Hall–Kier alpha value is -3.29. The highest BCUT2D eigenvalue weighted by atomic mass is 35.5. The van der Waals surface area contributed by atoms with Crippen LogP contribution in [0, 0.1) is 5.41 Å². The largest absolute Gasteiger partial charge is 0.423 e. The molecule has 3 aromatic rings. The van der Waals surface area contributed by atoms with Gasteiger partial charge in [0.1, 0.15) is 11.6 Å². The van der Waals surface area contributed by atoms with Crippen molar-refractivity contribution in [1.82, 2.24) is 5.32 Å². The zero-order valence-electron chi connectivity index (χ0n) is 15.8. The van der Waals surface area contributed by atoms with E-state index >= 15 is 0 Å². The molecule has 1 aliphatic heterocycles. The summed E-state index contributed by atoms with van der Waals surface area (Å²) < 4.78 is 5.50. The van der Waals surface area contributed by atoms with Crippen molar-refractivity contribution in [2.45, 2.75) is 0 Å². The fourth-order valence-corrected chi connectivity index (χ4v) is 2.93. The Labute approximate surface area is 186 Å².